The number of carbonyl (C=O) groups excluding carboxylic acids is 3. The molecule has 3 atom stereocenters. The summed E-state index contributed by atoms with van der Waals surface area (Å²) in [7, 11) is 0. The lowest BCUT2D eigenvalue weighted by Gasteiger charge is -2.28. The van der Waals surface area contributed by atoms with Gasteiger partial charge < -0.3 is 5.32 Å². The van der Waals surface area contributed by atoms with E-state index in [-0.39, 0.29) is 17.3 Å². The normalized spacial score (nSPS) is 21.2. The highest BCUT2D eigenvalue weighted by Crippen LogP contribution is 2.47. The van der Waals surface area contributed by atoms with E-state index in [0.717, 1.165) is 10.5 Å². The molecule has 3 amide bonds. The quantitative estimate of drug-likeness (QED) is 0.342. The zero-order valence-corrected chi connectivity index (χ0v) is 18.5. The average Bonchev–Trinajstić information content (AvgIpc) is 3.36. The Kier molecular flexibility index (Phi) is 5.50. The first-order valence-corrected chi connectivity index (χ1v) is 10.9. The first-order valence-electron chi connectivity index (χ1n) is 10.9. The molecule has 0 saturated carbocycles. The van der Waals surface area contributed by atoms with Crippen molar-refractivity contribution >= 4 is 40.5 Å². The molecule has 35 heavy (non-hydrogen) atoms. The third-order valence-corrected chi connectivity index (χ3v) is 6.02. The van der Waals surface area contributed by atoms with Crippen LogP contribution in [0, 0.1) is 16.0 Å². The molecule has 5 rings (SSSR count). The van der Waals surface area contributed by atoms with E-state index in [1.165, 1.54) is 31.2 Å². The number of hydrogen-bond acceptors (Lipinski definition) is 7. The summed E-state index contributed by atoms with van der Waals surface area (Å²) >= 11 is 0. The van der Waals surface area contributed by atoms with E-state index in [1.54, 1.807) is 29.3 Å². The lowest BCUT2D eigenvalue weighted by molar-refractivity contribution is -0.384. The molecule has 3 aromatic rings. The Morgan fingerprint density at radius 1 is 0.914 bits per heavy atom. The van der Waals surface area contributed by atoms with Crippen LogP contribution in [0.25, 0.3) is 0 Å². The summed E-state index contributed by atoms with van der Waals surface area (Å²) in [5.41, 5.74) is 2.11. The van der Waals surface area contributed by atoms with Crippen molar-refractivity contribution in [1.29, 1.82) is 0 Å². The minimum Gasteiger partial charge on any atom is -0.326 e. The van der Waals surface area contributed by atoms with Gasteiger partial charge in [0.05, 0.1) is 22.3 Å². The molecule has 10 heteroatoms. The Morgan fingerprint density at radius 3 is 2.17 bits per heavy atom. The number of rotatable bonds is 5. The van der Waals surface area contributed by atoms with Gasteiger partial charge in [-0.15, -0.1) is 0 Å². The van der Waals surface area contributed by atoms with E-state index >= 15 is 0 Å². The van der Waals surface area contributed by atoms with Gasteiger partial charge >= 0.3 is 0 Å². The van der Waals surface area contributed by atoms with Crippen LogP contribution in [0.1, 0.15) is 18.5 Å². The number of fused-ring (bicyclic) bond motifs is 1. The van der Waals surface area contributed by atoms with Crippen molar-refractivity contribution in [2.45, 2.75) is 19.1 Å². The molecule has 3 aromatic carbocycles. The summed E-state index contributed by atoms with van der Waals surface area (Å²) in [5, 5.41) is 15.3. The van der Waals surface area contributed by atoms with Crippen LogP contribution < -0.4 is 15.3 Å². The maximum Gasteiger partial charge on any atom is 0.269 e. The van der Waals surface area contributed by atoms with E-state index in [2.05, 4.69) is 5.32 Å². The number of nitro benzene ring substituents is 1. The Labute approximate surface area is 199 Å². The van der Waals surface area contributed by atoms with Crippen molar-refractivity contribution in [1.82, 2.24) is 0 Å². The number of benzene rings is 3. The first kappa shape index (κ1) is 22.2. The van der Waals surface area contributed by atoms with Gasteiger partial charge in [-0.3, -0.25) is 29.3 Å². The molecule has 2 fully saturated rings. The Bertz CT molecular complexity index is 1310. The SMILES string of the molecule is CC(=O)Nc1ccc([C@H]2[C@H]3C(=O)N(c4ccc([N+](=O)[O-])cc4)C(=O)[C@H]3ON2c2ccccc2)cc1. The minimum atomic E-state index is -1.06. The second-order valence-corrected chi connectivity index (χ2v) is 8.25. The predicted molar refractivity (Wildman–Crippen MR) is 126 cm³/mol. The molecule has 2 aliphatic heterocycles. The number of para-hydroxylation sites is 1. The van der Waals surface area contributed by atoms with Crippen molar-refractivity contribution in [2.24, 2.45) is 5.92 Å². The number of hydrogen-bond donors (Lipinski definition) is 1. The molecule has 10 nitrogen and oxygen atoms in total. The van der Waals surface area contributed by atoms with E-state index in [9.17, 15) is 24.5 Å². The van der Waals surface area contributed by atoms with Gasteiger partial charge in [0, 0.05) is 24.7 Å². The Hall–Kier alpha value is -4.57. The van der Waals surface area contributed by atoms with Gasteiger partial charge in [0.25, 0.3) is 11.6 Å². The fourth-order valence-corrected chi connectivity index (χ4v) is 4.50. The third kappa shape index (κ3) is 3.89. The predicted octanol–water partition coefficient (Wildman–Crippen LogP) is 3.60. The summed E-state index contributed by atoms with van der Waals surface area (Å²) < 4.78 is 0. The number of nitro groups is 1. The molecule has 1 N–H and O–H groups in total. The molecular weight excluding hydrogens is 452 g/mol. The van der Waals surface area contributed by atoms with Crippen LogP contribution in [0.3, 0.4) is 0 Å². The molecule has 0 aliphatic carbocycles. The second-order valence-electron chi connectivity index (χ2n) is 8.25. The largest absolute Gasteiger partial charge is 0.326 e. The number of non-ortho nitro benzene ring substituents is 1. The summed E-state index contributed by atoms with van der Waals surface area (Å²) in [6.45, 7) is 1.41. The molecule has 0 unspecified atom stereocenters. The molecule has 176 valence electrons. The lowest BCUT2D eigenvalue weighted by atomic mass is 9.90. The molecule has 0 aromatic heterocycles. The van der Waals surface area contributed by atoms with E-state index in [4.69, 9.17) is 4.84 Å². The topological polar surface area (TPSA) is 122 Å². The number of hydroxylamine groups is 1. The van der Waals surface area contributed by atoms with Gasteiger partial charge in [-0.05, 0) is 42.0 Å². The number of nitrogens with zero attached hydrogens (tertiary/aromatic N) is 3. The van der Waals surface area contributed by atoms with Crippen molar-refractivity contribution < 1.29 is 24.1 Å². The molecule has 0 bridgehead atoms. The van der Waals surface area contributed by atoms with Crippen LogP contribution in [-0.2, 0) is 19.2 Å². The number of imide groups is 1. The number of carbonyl (C=O) groups is 3. The number of nitrogens with one attached hydrogen (secondary N) is 1. The van der Waals surface area contributed by atoms with Crippen LogP contribution in [-0.4, -0.2) is 28.7 Å². The van der Waals surface area contributed by atoms with Crippen LogP contribution in [0.2, 0.25) is 0 Å². The molecule has 0 radical (unpaired) electrons. The van der Waals surface area contributed by atoms with Gasteiger partial charge in [-0.1, -0.05) is 30.3 Å². The van der Waals surface area contributed by atoms with Crippen LogP contribution in [0.5, 0.6) is 0 Å². The van der Waals surface area contributed by atoms with E-state index in [0.29, 0.717) is 11.4 Å². The molecule has 2 saturated heterocycles. The number of amides is 3. The van der Waals surface area contributed by atoms with Crippen molar-refractivity contribution in [3.8, 4) is 0 Å². The monoisotopic (exact) mass is 472 g/mol. The van der Waals surface area contributed by atoms with Gasteiger partial charge in [0.15, 0.2) is 6.10 Å². The zero-order chi connectivity index (χ0) is 24.7. The lowest BCUT2D eigenvalue weighted by Crippen LogP contribution is -2.37. The zero-order valence-electron chi connectivity index (χ0n) is 18.5. The maximum atomic E-state index is 13.6. The highest BCUT2D eigenvalue weighted by Gasteiger charge is 2.60. The fraction of sp³-hybridized carbons (Fsp3) is 0.160. The first-order chi connectivity index (χ1) is 16.8. The van der Waals surface area contributed by atoms with Gasteiger partial charge in [0.1, 0.15) is 5.92 Å². The van der Waals surface area contributed by atoms with Gasteiger partial charge in [-0.2, -0.15) is 0 Å². The van der Waals surface area contributed by atoms with Crippen molar-refractivity contribution in [2.75, 3.05) is 15.3 Å². The molecule has 0 spiro atoms. The van der Waals surface area contributed by atoms with Crippen LogP contribution in [0.15, 0.2) is 78.9 Å². The highest BCUT2D eigenvalue weighted by molar-refractivity contribution is 6.24. The summed E-state index contributed by atoms with van der Waals surface area (Å²) in [6, 6.07) is 20.8. The maximum absolute atomic E-state index is 13.6. The fourth-order valence-electron chi connectivity index (χ4n) is 4.50. The Balaban J connectivity index is 1.52. The standard InChI is InChI=1S/C25H20N4O6/c1-15(30)26-17-9-7-16(8-10-17)22-21-23(35-28(22)19-5-3-2-4-6-19)25(32)27(24(21)31)18-11-13-20(14-12-18)29(33)34/h2-14,21-23H,1H3,(H,26,30)/t21-,22+,23+/m1/s1. The Morgan fingerprint density at radius 2 is 1.57 bits per heavy atom. The van der Waals surface area contributed by atoms with Gasteiger partial charge in [0.2, 0.25) is 11.8 Å². The highest BCUT2D eigenvalue weighted by atomic mass is 16.7. The van der Waals surface area contributed by atoms with Crippen LogP contribution >= 0.6 is 0 Å². The molecular formula is C25H20N4O6. The smallest absolute Gasteiger partial charge is 0.269 e. The molecule has 2 heterocycles. The van der Waals surface area contributed by atoms with E-state index < -0.39 is 34.8 Å². The minimum absolute atomic E-state index is 0.142. The van der Waals surface area contributed by atoms with Crippen molar-refractivity contribution in [3.63, 3.8) is 0 Å². The summed E-state index contributed by atoms with van der Waals surface area (Å²) in [5.74, 6) is -2.04. The van der Waals surface area contributed by atoms with E-state index in [1.807, 2.05) is 30.3 Å². The second kappa shape index (κ2) is 8.65. The van der Waals surface area contributed by atoms with Crippen molar-refractivity contribution in [3.05, 3.63) is 94.5 Å². The van der Waals surface area contributed by atoms with Crippen LogP contribution in [0.4, 0.5) is 22.7 Å². The average molecular weight is 472 g/mol. The summed E-state index contributed by atoms with van der Waals surface area (Å²) in [4.78, 5) is 55.8. The number of anilines is 3. The summed E-state index contributed by atoms with van der Waals surface area (Å²) in [6.07, 6.45) is -1.06. The molecule has 2 aliphatic rings. The van der Waals surface area contributed by atoms with Gasteiger partial charge in [-0.25, -0.2) is 9.96 Å². The third-order valence-electron chi connectivity index (χ3n) is 6.02.